The average molecular weight is 336 g/mol. The van der Waals surface area contributed by atoms with Gasteiger partial charge in [-0.05, 0) is 41.4 Å². The van der Waals surface area contributed by atoms with Gasteiger partial charge < -0.3 is 4.74 Å². The maximum Gasteiger partial charge on any atom is 0.339 e. The third-order valence-corrected chi connectivity index (χ3v) is 3.06. The monoisotopic (exact) mass is 334 g/mol. The average Bonchev–Trinajstić information content (AvgIpc) is 2.15. The number of benzene rings is 1. The fourth-order valence-electron chi connectivity index (χ4n) is 1.18. The molecule has 82 valence electrons. The van der Waals surface area contributed by atoms with E-state index in [0.717, 1.165) is 10.0 Å². The minimum Gasteiger partial charge on any atom is -0.459 e. The number of rotatable bonds is 3. The topological polar surface area (TPSA) is 26.3 Å². The van der Waals surface area contributed by atoms with Gasteiger partial charge in [0.15, 0.2) is 0 Å². The van der Waals surface area contributed by atoms with Crippen LogP contribution in [0.4, 0.5) is 0 Å². The highest BCUT2D eigenvalue weighted by Gasteiger charge is 2.16. The van der Waals surface area contributed by atoms with Crippen molar-refractivity contribution in [2.24, 2.45) is 0 Å². The van der Waals surface area contributed by atoms with Crippen LogP contribution in [-0.2, 0) is 10.1 Å². The molecule has 0 spiro atoms. The van der Waals surface area contributed by atoms with E-state index in [4.69, 9.17) is 4.74 Å². The number of hydrogen-bond acceptors (Lipinski definition) is 2. The third kappa shape index (κ3) is 3.31. The second-order valence-electron chi connectivity index (χ2n) is 3.36. The first kappa shape index (κ1) is 12.7. The Morgan fingerprint density at radius 2 is 2.13 bits per heavy atom. The van der Waals surface area contributed by atoms with E-state index in [2.05, 4.69) is 31.9 Å². The van der Waals surface area contributed by atoms with Crippen LogP contribution in [0.2, 0.25) is 0 Å². The molecule has 1 rings (SSSR count). The smallest absolute Gasteiger partial charge is 0.339 e. The van der Waals surface area contributed by atoms with E-state index < -0.39 is 0 Å². The number of ether oxygens (including phenoxy) is 1. The van der Waals surface area contributed by atoms with E-state index in [9.17, 15) is 4.79 Å². The van der Waals surface area contributed by atoms with E-state index in [1.165, 1.54) is 0 Å². The molecule has 0 amide bonds. The number of hydrogen-bond donors (Lipinski definition) is 0. The van der Waals surface area contributed by atoms with Crippen molar-refractivity contribution in [2.45, 2.75) is 25.3 Å². The Hall–Kier alpha value is -0.350. The predicted molar refractivity (Wildman–Crippen MR) is 67.3 cm³/mol. The van der Waals surface area contributed by atoms with E-state index in [0.29, 0.717) is 10.9 Å². The third-order valence-electron chi connectivity index (χ3n) is 1.79. The minimum absolute atomic E-state index is 0.104. The molecule has 1 aromatic carbocycles. The molecule has 0 heterocycles. The Morgan fingerprint density at radius 3 is 2.67 bits per heavy atom. The molecule has 0 aliphatic carbocycles. The lowest BCUT2D eigenvalue weighted by atomic mass is 10.1. The van der Waals surface area contributed by atoms with Crippen LogP contribution >= 0.6 is 31.9 Å². The second kappa shape index (κ2) is 5.66. The lowest BCUT2D eigenvalue weighted by molar-refractivity contribution is 0.0376. The molecule has 1 aromatic rings. The standard InChI is InChI=1S/C11H12Br2O2/c1-7(2)15-11(14)10-8(6-12)4-3-5-9(10)13/h3-5,7H,6H2,1-2H3. The first-order valence-corrected chi connectivity index (χ1v) is 6.52. The van der Waals surface area contributed by atoms with Crippen molar-refractivity contribution < 1.29 is 9.53 Å². The summed E-state index contributed by atoms with van der Waals surface area (Å²) in [6.45, 7) is 3.67. The van der Waals surface area contributed by atoms with Crippen molar-refractivity contribution in [3.8, 4) is 0 Å². The van der Waals surface area contributed by atoms with Crippen LogP contribution in [0.1, 0.15) is 29.8 Å². The Balaban J connectivity index is 3.06. The summed E-state index contributed by atoms with van der Waals surface area (Å²) in [6, 6.07) is 5.63. The molecule has 0 saturated carbocycles. The summed E-state index contributed by atoms with van der Waals surface area (Å²) in [5, 5.41) is 0.634. The Labute approximate surface area is 106 Å². The molecule has 0 N–H and O–H groups in total. The Kier molecular flexibility index (Phi) is 4.80. The quantitative estimate of drug-likeness (QED) is 0.618. The molecule has 4 heteroatoms. The maximum atomic E-state index is 11.8. The first-order valence-electron chi connectivity index (χ1n) is 4.60. The van der Waals surface area contributed by atoms with E-state index in [1.807, 2.05) is 32.0 Å². The maximum absolute atomic E-state index is 11.8. The van der Waals surface area contributed by atoms with Crippen molar-refractivity contribution in [2.75, 3.05) is 0 Å². The van der Waals surface area contributed by atoms with Gasteiger partial charge in [-0.2, -0.15) is 0 Å². The van der Waals surface area contributed by atoms with Crippen LogP contribution in [0.25, 0.3) is 0 Å². The second-order valence-corrected chi connectivity index (χ2v) is 4.78. The number of carbonyl (C=O) groups is 1. The molecule has 2 nitrogen and oxygen atoms in total. The first-order chi connectivity index (χ1) is 7.06. The van der Waals surface area contributed by atoms with Crippen LogP contribution in [-0.4, -0.2) is 12.1 Å². The minimum atomic E-state index is -0.285. The van der Waals surface area contributed by atoms with Gasteiger partial charge >= 0.3 is 5.97 Å². The Morgan fingerprint density at radius 1 is 1.47 bits per heavy atom. The molecule has 0 unspecified atom stereocenters. The number of carbonyl (C=O) groups excluding carboxylic acids is 1. The SMILES string of the molecule is CC(C)OC(=O)c1c(Br)cccc1CBr. The molecule has 0 atom stereocenters. The van der Waals surface area contributed by atoms with Crippen molar-refractivity contribution in [1.29, 1.82) is 0 Å². The zero-order chi connectivity index (χ0) is 11.4. The van der Waals surface area contributed by atoms with E-state index in [-0.39, 0.29) is 12.1 Å². The van der Waals surface area contributed by atoms with Crippen LogP contribution < -0.4 is 0 Å². The highest BCUT2D eigenvalue weighted by molar-refractivity contribution is 9.10. The van der Waals surface area contributed by atoms with Crippen molar-refractivity contribution in [3.05, 3.63) is 33.8 Å². The molecule has 0 aliphatic heterocycles. The van der Waals surface area contributed by atoms with Crippen molar-refractivity contribution >= 4 is 37.8 Å². The van der Waals surface area contributed by atoms with Gasteiger partial charge in [0.1, 0.15) is 0 Å². The summed E-state index contributed by atoms with van der Waals surface area (Å²) in [4.78, 5) is 11.8. The largest absolute Gasteiger partial charge is 0.459 e. The summed E-state index contributed by atoms with van der Waals surface area (Å²) >= 11 is 6.71. The fraction of sp³-hybridized carbons (Fsp3) is 0.364. The Bertz CT molecular complexity index is 362. The summed E-state index contributed by atoms with van der Waals surface area (Å²) < 4.78 is 5.94. The molecular formula is C11H12Br2O2. The summed E-state index contributed by atoms with van der Waals surface area (Å²) in [5.41, 5.74) is 1.53. The van der Waals surface area contributed by atoms with E-state index in [1.54, 1.807) is 0 Å². The molecule has 0 aromatic heterocycles. The van der Waals surface area contributed by atoms with Gasteiger partial charge in [0.05, 0.1) is 11.7 Å². The van der Waals surface area contributed by atoms with Gasteiger partial charge in [-0.3, -0.25) is 0 Å². The highest BCUT2D eigenvalue weighted by atomic mass is 79.9. The number of esters is 1. The number of halogens is 2. The normalized spacial score (nSPS) is 10.5. The molecule has 0 bridgehead atoms. The molecular weight excluding hydrogens is 324 g/mol. The zero-order valence-corrected chi connectivity index (χ0v) is 11.8. The van der Waals surface area contributed by atoms with Crippen molar-refractivity contribution in [1.82, 2.24) is 0 Å². The summed E-state index contributed by atoms with van der Waals surface area (Å²) in [6.07, 6.45) is -0.104. The summed E-state index contributed by atoms with van der Waals surface area (Å²) in [7, 11) is 0. The fourth-order valence-corrected chi connectivity index (χ4v) is 2.22. The predicted octanol–water partition coefficient (Wildman–Crippen LogP) is 3.91. The van der Waals surface area contributed by atoms with Crippen LogP contribution in [0.3, 0.4) is 0 Å². The highest BCUT2D eigenvalue weighted by Crippen LogP contribution is 2.23. The molecule has 0 radical (unpaired) electrons. The van der Waals surface area contributed by atoms with Gasteiger partial charge in [-0.1, -0.05) is 28.1 Å². The number of alkyl halides is 1. The van der Waals surface area contributed by atoms with Crippen LogP contribution in [0, 0.1) is 0 Å². The van der Waals surface area contributed by atoms with Gasteiger partial charge in [0.25, 0.3) is 0 Å². The van der Waals surface area contributed by atoms with Gasteiger partial charge in [-0.25, -0.2) is 4.79 Å². The van der Waals surface area contributed by atoms with Crippen LogP contribution in [0.15, 0.2) is 22.7 Å². The van der Waals surface area contributed by atoms with Gasteiger partial charge in [0, 0.05) is 9.80 Å². The zero-order valence-electron chi connectivity index (χ0n) is 8.59. The van der Waals surface area contributed by atoms with E-state index >= 15 is 0 Å². The van der Waals surface area contributed by atoms with Crippen molar-refractivity contribution in [3.63, 3.8) is 0 Å². The molecule has 0 aliphatic rings. The molecule has 0 fully saturated rings. The van der Waals surface area contributed by atoms with Gasteiger partial charge in [0.2, 0.25) is 0 Å². The van der Waals surface area contributed by atoms with Gasteiger partial charge in [-0.15, -0.1) is 0 Å². The lowest BCUT2D eigenvalue weighted by Crippen LogP contribution is -2.13. The molecule has 0 saturated heterocycles. The summed E-state index contributed by atoms with van der Waals surface area (Å²) in [5.74, 6) is -0.285. The lowest BCUT2D eigenvalue weighted by Gasteiger charge is -2.11. The van der Waals surface area contributed by atoms with Crippen LogP contribution in [0.5, 0.6) is 0 Å². The molecule has 15 heavy (non-hydrogen) atoms.